The van der Waals surface area contributed by atoms with Crippen LogP contribution in [0, 0.1) is 29.1 Å². The summed E-state index contributed by atoms with van der Waals surface area (Å²) in [5, 5.41) is 23.7. The lowest BCUT2D eigenvalue weighted by molar-refractivity contribution is -0.219. The fourth-order valence-electron chi connectivity index (χ4n) is 8.52. The van der Waals surface area contributed by atoms with E-state index in [-0.39, 0.29) is 31.4 Å². The topological polar surface area (TPSA) is 193 Å². The van der Waals surface area contributed by atoms with E-state index in [1.165, 1.54) is 12.5 Å². The number of ketones is 1. The van der Waals surface area contributed by atoms with Gasteiger partial charge in [-0.2, -0.15) is 0 Å². The van der Waals surface area contributed by atoms with Crippen molar-refractivity contribution in [3.8, 4) is 0 Å². The fraction of sp³-hybridized carbons (Fsp3) is 0.625. The van der Waals surface area contributed by atoms with Gasteiger partial charge < -0.3 is 38.4 Å². The standard InChI is InChI=1S/C32H38O13/c1-15(6-8-33)43-28-27(29(38)39)25(16(2)32(40)22(35)10-19(31(28,32)5)18-7-9-41-13-18)26-20-11-23(36)42-14-30(20,4)45-24(37)12-21(26)44-17(3)34/h7-9,13,15,19-21,25-28,40H,2,6,10-12,14H2,1,3-5H3,(H,38,39)/t15-,19+,20-,21+,25+,26-,27-,28+,30-,31-,32-/m1/s1. The molecule has 45 heavy (non-hydrogen) atoms. The molecule has 2 aliphatic heterocycles. The van der Waals surface area contributed by atoms with Gasteiger partial charge in [0, 0.05) is 48.9 Å². The third-order valence-electron chi connectivity index (χ3n) is 10.5. The average Bonchev–Trinajstić information content (AvgIpc) is 3.52. The second kappa shape index (κ2) is 11.5. The van der Waals surface area contributed by atoms with Gasteiger partial charge >= 0.3 is 23.9 Å². The minimum atomic E-state index is -2.37. The molecule has 13 heteroatoms. The van der Waals surface area contributed by atoms with E-state index in [9.17, 15) is 39.0 Å². The maximum atomic E-state index is 14.1. The third-order valence-corrected chi connectivity index (χ3v) is 10.5. The molecule has 0 bridgehead atoms. The van der Waals surface area contributed by atoms with Crippen molar-refractivity contribution in [2.24, 2.45) is 29.1 Å². The molecule has 0 aromatic carbocycles. The number of ether oxygens (including phenoxy) is 4. The summed E-state index contributed by atoms with van der Waals surface area (Å²) < 4.78 is 28.3. The number of furan rings is 1. The molecular formula is C32H38O13. The summed E-state index contributed by atoms with van der Waals surface area (Å²) in [6.07, 6.45) is -1.29. The monoisotopic (exact) mass is 630 g/mol. The minimum absolute atomic E-state index is 0.109. The zero-order valence-electron chi connectivity index (χ0n) is 25.6. The van der Waals surface area contributed by atoms with Crippen LogP contribution in [0.15, 0.2) is 35.2 Å². The summed E-state index contributed by atoms with van der Waals surface area (Å²) in [5.74, 6) is -10.1. The van der Waals surface area contributed by atoms with E-state index in [0.717, 1.165) is 6.92 Å². The average molecular weight is 631 g/mol. The van der Waals surface area contributed by atoms with Crippen molar-refractivity contribution >= 4 is 35.9 Å². The number of aliphatic hydroxyl groups is 1. The number of hydrogen-bond donors (Lipinski definition) is 2. The molecule has 1 aromatic rings. The number of fused-ring (bicyclic) bond motifs is 2. The molecule has 5 rings (SSSR count). The largest absolute Gasteiger partial charge is 0.481 e. The summed E-state index contributed by atoms with van der Waals surface area (Å²) in [6, 6.07) is 1.62. The van der Waals surface area contributed by atoms with Gasteiger partial charge in [-0.1, -0.05) is 13.5 Å². The number of carbonyl (C=O) groups excluding carboxylic acids is 5. The Bertz CT molecular complexity index is 1420. The van der Waals surface area contributed by atoms with Crippen LogP contribution in [-0.2, 0) is 47.7 Å². The van der Waals surface area contributed by atoms with Crippen molar-refractivity contribution in [1.82, 2.24) is 0 Å². The molecule has 2 aliphatic carbocycles. The maximum absolute atomic E-state index is 14.1. The quantitative estimate of drug-likeness (QED) is 0.184. The van der Waals surface area contributed by atoms with E-state index in [1.807, 2.05) is 0 Å². The van der Waals surface area contributed by atoms with E-state index < -0.39 is 101 Å². The van der Waals surface area contributed by atoms with Crippen molar-refractivity contribution in [2.45, 2.75) is 88.8 Å². The zero-order valence-corrected chi connectivity index (χ0v) is 25.6. The van der Waals surface area contributed by atoms with Crippen LogP contribution in [0.25, 0.3) is 0 Å². The first-order valence-electron chi connectivity index (χ1n) is 14.9. The SMILES string of the molecule is C=C1[C@@H]([C@H]2[C@@H](OC(C)=O)CC(=O)O[C@]3(C)COC(=O)C[C@H]23)[C@@H](C(=O)O)[C@H](O[C@H](C)CC=O)[C@@]2(C)[C@H](c3ccoc3)CC(=O)[C@]12O. The molecule has 4 fully saturated rings. The number of carbonyl (C=O) groups is 6. The van der Waals surface area contributed by atoms with Crippen molar-refractivity contribution in [1.29, 1.82) is 0 Å². The van der Waals surface area contributed by atoms with Crippen LogP contribution in [-0.4, -0.2) is 82.3 Å². The van der Waals surface area contributed by atoms with Gasteiger partial charge in [0.1, 0.15) is 24.6 Å². The molecule has 3 heterocycles. The van der Waals surface area contributed by atoms with Gasteiger partial charge in [0.2, 0.25) is 0 Å². The lowest BCUT2D eigenvalue weighted by Gasteiger charge is -2.59. The highest BCUT2D eigenvalue weighted by Crippen LogP contribution is 2.67. The predicted octanol–water partition coefficient (Wildman–Crippen LogP) is 2.14. The van der Waals surface area contributed by atoms with Gasteiger partial charge in [-0.05, 0) is 31.1 Å². The van der Waals surface area contributed by atoms with E-state index in [2.05, 4.69) is 6.58 Å². The second-order valence-electron chi connectivity index (χ2n) is 13.1. The molecule has 11 atom stereocenters. The van der Waals surface area contributed by atoms with Crippen LogP contribution < -0.4 is 0 Å². The van der Waals surface area contributed by atoms with Crippen molar-refractivity contribution in [3.05, 3.63) is 36.3 Å². The Balaban J connectivity index is 1.78. The number of aliphatic carboxylic acids is 1. The Hall–Kier alpha value is -3.84. The number of carboxylic acid groups (broad SMARTS) is 1. The molecule has 0 amide bonds. The van der Waals surface area contributed by atoms with Gasteiger partial charge in [-0.15, -0.1) is 0 Å². The van der Waals surface area contributed by atoms with Gasteiger partial charge in [0.05, 0.1) is 43.5 Å². The fourth-order valence-corrected chi connectivity index (χ4v) is 8.52. The zero-order chi connectivity index (χ0) is 33.1. The molecule has 2 N–H and O–H groups in total. The highest BCUT2D eigenvalue weighted by molar-refractivity contribution is 5.96. The molecule has 1 aromatic heterocycles. The second-order valence-corrected chi connectivity index (χ2v) is 13.1. The number of Topliss-reactive ketones (excluding diaryl/α,β-unsaturated/α-hetero) is 1. The summed E-state index contributed by atoms with van der Waals surface area (Å²) in [7, 11) is 0. The molecule has 2 saturated heterocycles. The minimum Gasteiger partial charge on any atom is -0.481 e. The number of aldehydes is 1. The predicted molar refractivity (Wildman–Crippen MR) is 150 cm³/mol. The van der Waals surface area contributed by atoms with Crippen LogP contribution in [0.5, 0.6) is 0 Å². The number of hydrogen-bond acceptors (Lipinski definition) is 12. The van der Waals surface area contributed by atoms with Crippen molar-refractivity contribution in [2.75, 3.05) is 6.61 Å². The Kier molecular flexibility index (Phi) is 8.32. The smallest absolute Gasteiger partial charge is 0.310 e. The van der Waals surface area contributed by atoms with Crippen molar-refractivity contribution < 1.29 is 62.3 Å². The third kappa shape index (κ3) is 5.00. The number of carboxylic acids is 1. The molecular weight excluding hydrogens is 592 g/mol. The Morgan fingerprint density at radius 3 is 2.49 bits per heavy atom. The maximum Gasteiger partial charge on any atom is 0.310 e. The van der Waals surface area contributed by atoms with E-state index in [0.29, 0.717) is 11.8 Å². The van der Waals surface area contributed by atoms with Crippen LogP contribution in [0.3, 0.4) is 0 Å². The van der Waals surface area contributed by atoms with Gasteiger partial charge in [0.25, 0.3) is 0 Å². The highest BCUT2D eigenvalue weighted by atomic mass is 16.6. The molecule has 4 aliphatic rings. The van der Waals surface area contributed by atoms with Crippen molar-refractivity contribution in [3.63, 3.8) is 0 Å². The lowest BCUT2D eigenvalue weighted by Crippen LogP contribution is -2.69. The first-order chi connectivity index (χ1) is 21.1. The Labute approximate surface area is 259 Å². The molecule has 244 valence electrons. The first-order valence-corrected chi connectivity index (χ1v) is 14.9. The van der Waals surface area contributed by atoms with Crippen LogP contribution >= 0.6 is 0 Å². The summed E-state index contributed by atoms with van der Waals surface area (Å²) >= 11 is 0. The Morgan fingerprint density at radius 1 is 1.18 bits per heavy atom. The Morgan fingerprint density at radius 2 is 1.89 bits per heavy atom. The molecule has 0 unspecified atom stereocenters. The van der Waals surface area contributed by atoms with Gasteiger partial charge in [-0.25, -0.2) is 0 Å². The van der Waals surface area contributed by atoms with E-state index in [4.69, 9.17) is 23.4 Å². The summed E-state index contributed by atoms with van der Waals surface area (Å²) in [6.45, 7) is 9.63. The van der Waals surface area contributed by atoms with E-state index >= 15 is 0 Å². The molecule has 2 saturated carbocycles. The normalized spacial score (nSPS) is 40.3. The number of cyclic esters (lactones) is 1. The summed E-state index contributed by atoms with van der Waals surface area (Å²) in [4.78, 5) is 77.3. The first kappa shape index (κ1) is 32.6. The van der Waals surface area contributed by atoms with Gasteiger partial charge in [0.15, 0.2) is 11.4 Å². The van der Waals surface area contributed by atoms with Gasteiger partial charge in [-0.3, -0.25) is 24.0 Å². The van der Waals surface area contributed by atoms with Crippen LogP contribution in [0.1, 0.15) is 64.9 Å². The van der Waals surface area contributed by atoms with Crippen LogP contribution in [0.2, 0.25) is 0 Å². The number of rotatable bonds is 8. The highest BCUT2D eigenvalue weighted by Gasteiger charge is 2.75. The van der Waals surface area contributed by atoms with E-state index in [1.54, 1.807) is 26.8 Å². The van der Waals surface area contributed by atoms with Crippen LogP contribution in [0.4, 0.5) is 0 Å². The molecule has 13 nitrogen and oxygen atoms in total. The summed E-state index contributed by atoms with van der Waals surface area (Å²) in [5.41, 5.74) is -5.10. The molecule has 0 spiro atoms. The lowest BCUT2D eigenvalue weighted by atomic mass is 9.48. The number of esters is 3. The molecule has 0 radical (unpaired) electrons.